The Hall–Kier alpha value is -1.90. The van der Waals surface area contributed by atoms with Crippen LogP contribution >= 0.6 is 0 Å². The van der Waals surface area contributed by atoms with Gasteiger partial charge in [-0.15, -0.1) is 0 Å². The molecule has 0 radical (unpaired) electrons. The van der Waals surface area contributed by atoms with Crippen molar-refractivity contribution < 1.29 is 0 Å². The van der Waals surface area contributed by atoms with E-state index >= 15 is 0 Å². The van der Waals surface area contributed by atoms with Crippen molar-refractivity contribution in [1.29, 1.82) is 0 Å². The summed E-state index contributed by atoms with van der Waals surface area (Å²) in [6, 6.07) is 8.11. The van der Waals surface area contributed by atoms with Crippen LogP contribution in [0.15, 0.2) is 36.7 Å². The molecule has 3 aromatic rings. The van der Waals surface area contributed by atoms with Gasteiger partial charge in [-0.1, -0.05) is 18.2 Å². The Morgan fingerprint density at radius 3 is 2.93 bits per heavy atom. The minimum absolute atomic E-state index is 1.02. The second-order valence-corrected chi connectivity index (χ2v) is 3.35. The number of hydrogen-bond acceptors (Lipinski definition) is 2. The van der Waals surface area contributed by atoms with Gasteiger partial charge in [-0.3, -0.25) is 9.67 Å². The van der Waals surface area contributed by atoms with Crippen molar-refractivity contribution in [3.8, 4) is 0 Å². The Morgan fingerprint density at radius 2 is 2.00 bits per heavy atom. The molecule has 0 bridgehead atoms. The zero-order valence-electron chi connectivity index (χ0n) is 7.81. The summed E-state index contributed by atoms with van der Waals surface area (Å²) in [6.45, 7) is 0. The van der Waals surface area contributed by atoms with E-state index in [-0.39, 0.29) is 0 Å². The first-order valence-electron chi connectivity index (χ1n) is 4.52. The number of fused-ring (bicyclic) bond motifs is 3. The summed E-state index contributed by atoms with van der Waals surface area (Å²) in [5, 5.41) is 6.47. The van der Waals surface area contributed by atoms with E-state index in [1.54, 1.807) is 0 Å². The third-order valence-corrected chi connectivity index (χ3v) is 2.47. The van der Waals surface area contributed by atoms with Gasteiger partial charge in [-0.05, 0) is 6.07 Å². The minimum atomic E-state index is 1.02. The van der Waals surface area contributed by atoms with Crippen LogP contribution in [0.3, 0.4) is 0 Å². The zero-order valence-corrected chi connectivity index (χ0v) is 7.81. The monoisotopic (exact) mass is 183 g/mol. The fourth-order valence-corrected chi connectivity index (χ4v) is 1.80. The molecule has 0 saturated heterocycles. The Labute approximate surface area is 81.0 Å². The lowest BCUT2D eigenvalue weighted by molar-refractivity contribution is 0.799. The molecule has 0 saturated carbocycles. The van der Waals surface area contributed by atoms with E-state index in [0.717, 1.165) is 21.8 Å². The number of benzene rings is 1. The van der Waals surface area contributed by atoms with Crippen molar-refractivity contribution >= 4 is 21.8 Å². The SMILES string of the molecule is Cn1ncc2cnc3ccccc3c21. The molecular formula is C11H9N3. The van der Waals surface area contributed by atoms with Crippen LogP contribution in [-0.2, 0) is 7.05 Å². The molecule has 2 heterocycles. The molecule has 0 aliphatic carbocycles. The molecule has 0 fully saturated rings. The molecule has 14 heavy (non-hydrogen) atoms. The highest BCUT2D eigenvalue weighted by molar-refractivity contribution is 6.02. The average molecular weight is 183 g/mol. The molecule has 0 N–H and O–H groups in total. The van der Waals surface area contributed by atoms with Crippen LogP contribution in [0.5, 0.6) is 0 Å². The maximum Gasteiger partial charge on any atom is 0.0788 e. The minimum Gasteiger partial charge on any atom is -0.267 e. The maximum atomic E-state index is 4.37. The first-order chi connectivity index (χ1) is 6.86. The number of hydrogen-bond donors (Lipinski definition) is 0. The molecule has 0 aliphatic rings. The van der Waals surface area contributed by atoms with Gasteiger partial charge in [0, 0.05) is 24.0 Å². The molecule has 0 atom stereocenters. The van der Waals surface area contributed by atoms with Gasteiger partial charge in [0.25, 0.3) is 0 Å². The summed E-state index contributed by atoms with van der Waals surface area (Å²) in [6.07, 6.45) is 3.71. The third kappa shape index (κ3) is 0.865. The van der Waals surface area contributed by atoms with Gasteiger partial charge >= 0.3 is 0 Å². The third-order valence-electron chi connectivity index (χ3n) is 2.47. The van der Waals surface area contributed by atoms with Crippen LogP contribution in [0.4, 0.5) is 0 Å². The lowest BCUT2D eigenvalue weighted by Crippen LogP contribution is -1.90. The van der Waals surface area contributed by atoms with Crippen LogP contribution < -0.4 is 0 Å². The Kier molecular flexibility index (Phi) is 1.36. The van der Waals surface area contributed by atoms with E-state index in [0.29, 0.717) is 0 Å². The smallest absolute Gasteiger partial charge is 0.0788 e. The van der Waals surface area contributed by atoms with Crippen molar-refractivity contribution in [1.82, 2.24) is 14.8 Å². The predicted octanol–water partition coefficient (Wildman–Crippen LogP) is 2.12. The lowest BCUT2D eigenvalue weighted by Gasteiger charge is -1.99. The summed E-state index contributed by atoms with van der Waals surface area (Å²) < 4.78 is 1.89. The normalized spacial score (nSPS) is 11.2. The van der Waals surface area contributed by atoms with Crippen molar-refractivity contribution in [2.24, 2.45) is 7.05 Å². The quantitative estimate of drug-likeness (QED) is 0.534. The van der Waals surface area contributed by atoms with Gasteiger partial charge in [0.1, 0.15) is 0 Å². The number of nitrogens with zero attached hydrogens (tertiary/aromatic N) is 3. The van der Waals surface area contributed by atoms with E-state index in [4.69, 9.17) is 0 Å². The first-order valence-corrected chi connectivity index (χ1v) is 4.52. The molecular weight excluding hydrogens is 174 g/mol. The number of aromatic nitrogens is 3. The van der Waals surface area contributed by atoms with Crippen LogP contribution in [-0.4, -0.2) is 14.8 Å². The highest BCUT2D eigenvalue weighted by atomic mass is 15.2. The molecule has 0 spiro atoms. The summed E-state index contributed by atoms with van der Waals surface area (Å²) in [7, 11) is 1.95. The highest BCUT2D eigenvalue weighted by Crippen LogP contribution is 2.21. The standard InChI is InChI=1S/C11H9N3/c1-14-11-8(7-13-14)6-12-10-5-3-2-4-9(10)11/h2-7H,1H3. The van der Waals surface area contributed by atoms with E-state index in [2.05, 4.69) is 16.1 Å². The Balaban J connectivity index is 2.65. The van der Waals surface area contributed by atoms with E-state index in [1.807, 2.05) is 42.3 Å². The zero-order chi connectivity index (χ0) is 9.54. The van der Waals surface area contributed by atoms with Crippen LogP contribution in [0, 0.1) is 0 Å². The van der Waals surface area contributed by atoms with Crippen molar-refractivity contribution in [2.75, 3.05) is 0 Å². The molecule has 0 unspecified atom stereocenters. The predicted molar refractivity (Wildman–Crippen MR) is 56.0 cm³/mol. The first kappa shape index (κ1) is 7.50. The number of pyridine rings is 1. The highest BCUT2D eigenvalue weighted by Gasteiger charge is 2.04. The molecule has 68 valence electrons. The van der Waals surface area contributed by atoms with Gasteiger partial charge in [0.05, 0.1) is 17.2 Å². The van der Waals surface area contributed by atoms with Crippen molar-refractivity contribution in [3.63, 3.8) is 0 Å². The molecule has 0 aliphatic heterocycles. The van der Waals surface area contributed by atoms with Crippen LogP contribution in [0.25, 0.3) is 21.8 Å². The van der Waals surface area contributed by atoms with Gasteiger partial charge in [-0.2, -0.15) is 5.10 Å². The number of aryl methyl sites for hydroxylation is 1. The van der Waals surface area contributed by atoms with Gasteiger partial charge in [0.2, 0.25) is 0 Å². The lowest BCUT2D eigenvalue weighted by atomic mass is 10.2. The molecule has 3 rings (SSSR count). The fraction of sp³-hybridized carbons (Fsp3) is 0.0909. The van der Waals surface area contributed by atoms with E-state index in [1.165, 1.54) is 0 Å². The summed E-state index contributed by atoms with van der Waals surface area (Å²) in [4.78, 5) is 4.37. The molecule has 3 nitrogen and oxygen atoms in total. The Morgan fingerprint density at radius 1 is 1.14 bits per heavy atom. The molecule has 1 aromatic carbocycles. The topological polar surface area (TPSA) is 30.7 Å². The van der Waals surface area contributed by atoms with Crippen molar-refractivity contribution in [2.45, 2.75) is 0 Å². The molecule has 0 amide bonds. The average Bonchev–Trinajstić information content (AvgIpc) is 2.61. The summed E-state index contributed by atoms with van der Waals surface area (Å²) in [5.41, 5.74) is 2.17. The van der Waals surface area contributed by atoms with Gasteiger partial charge in [0.15, 0.2) is 0 Å². The summed E-state index contributed by atoms with van der Waals surface area (Å²) in [5.74, 6) is 0. The second kappa shape index (κ2) is 2.54. The van der Waals surface area contributed by atoms with Crippen LogP contribution in [0.2, 0.25) is 0 Å². The van der Waals surface area contributed by atoms with Crippen LogP contribution in [0.1, 0.15) is 0 Å². The molecule has 3 heteroatoms. The Bertz CT molecular complexity index is 610. The van der Waals surface area contributed by atoms with Gasteiger partial charge in [-0.25, -0.2) is 0 Å². The number of rotatable bonds is 0. The van der Waals surface area contributed by atoms with Gasteiger partial charge < -0.3 is 0 Å². The second-order valence-electron chi connectivity index (χ2n) is 3.35. The van der Waals surface area contributed by atoms with E-state index < -0.39 is 0 Å². The summed E-state index contributed by atoms with van der Waals surface area (Å²) >= 11 is 0. The number of para-hydroxylation sites is 1. The maximum absolute atomic E-state index is 4.37. The fourth-order valence-electron chi connectivity index (χ4n) is 1.80. The largest absolute Gasteiger partial charge is 0.267 e. The van der Waals surface area contributed by atoms with E-state index in [9.17, 15) is 0 Å². The van der Waals surface area contributed by atoms with Crippen molar-refractivity contribution in [3.05, 3.63) is 36.7 Å². The molecule has 2 aromatic heterocycles.